The quantitative estimate of drug-likeness (QED) is 0.588. The summed E-state index contributed by atoms with van der Waals surface area (Å²) < 4.78 is 1.60. The summed E-state index contributed by atoms with van der Waals surface area (Å²) in [6, 6.07) is 15.9. The van der Waals surface area contributed by atoms with Gasteiger partial charge in [0.2, 0.25) is 5.95 Å². The SMILES string of the molecule is O=[N+]([O-])c1cccc([C@@H]2C=C(c3ccccc3)Nc3nnnn32)c1. The summed E-state index contributed by atoms with van der Waals surface area (Å²) in [6.45, 7) is 0. The lowest BCUT2D eigenvalue weighted by Gasteiger charge is -2.23. The van der Waals surface area contributed by atoms with Crippen molar-refractivity contribution in [1.82, 2.24) is 20.2 Å². The molecular weight excluding hydrogens is 308 g/mol. The minimum Gasteiger partial charge on any atom is -0.323 e. The number of nitro benzene ring substituents is 1. The number of allylic oxidation sites excluding steroid dienone is 1. The van der Waals surface area contributed by atoms with E-state index in [0.29, 0.717) is 5.95 Å². The molecule has 4 rings (SSSR count). The minimum absolute atomic E-state index is 0.0373. The zero-order valence-electron chi connectivity index (χ0n) is 12.4. The molecule has 1 aliphatic heterocycles. The largest absolute Gasteiger partial charge is 0.323 e. The van der Waals surface area contributed by atoms with Crippen LogP contribution in [0.3, 0.4) is 0 Å². The lowest BCUT2D eigenvalue weighted by molar-refractivity contribution is -0.384. The Labute approximate surface area is 136 Å². The van der Waals surface area contributed by atoms with Gasteiger partial charge in [-0.25, -0.2) is 0 Å². The topological polar surface area (TPSA) is 98.8 Å². The Morgan fingerprint density at radius 3 is 2.75 bits per heavy atom. The van der Waals surface area contributed by atoms with Crippen LogP contribution in [0, 0.1) is 10.1 Å². The molecule has 1 atom stereocenters. The summed E-state index contributed by atoms with van der Waals surface area (Å²) in [6.07, 6.45) is 1.96. The highest BCUT2D eigenvalue weighted by molar-refractivity contribution is 5.76. The number of tetrazole rings is 1. The van der Waals surface area contributed by atoms with Gasteiger partial charge in [0, 0.05) is 17.8 Å². The van der Waals surface area contributed by atoms with Crippen molar-refractivity contribution in [2.75, 3.05) is 5.32 Å². The first-order chi connectivity index (χ1) is 11.7. The molecule has 0 saturated carbocycles. The van der Waals surface area contributed by atoms with Crippen LogP contribution in [-0.4, -0.2) is 25.1 Å². The van der Waals surface area contributed by atoms with Crippen LogP contribution in [0.5, 0.6) is 0 Å². The fourth-order valence-corrected chi connectivity index (χ4v) is 2.70. The number of benzene rings is 2. The molecule has 0 fully saturated rings. The summed E-state index contributed by atoms with van der Waals surface area (Å²) >= 11 is 0. The second-order valence-electron chi connectivity index (χ2n) is 5.32. The van der Waals surface area contributed by atoms with Gasteiger partial charge in [-0.15, -0.1) is 0 Å². The average Bonchev–Trinajstić information content (AvgIpc) is 3.10. The third-order valence-electron chi connectivity index (χ3n) is 3.83. The number of fused-ring (bicyclic) bond motifs is 1. The molecule has 0 amide bonds. The van der Waals surface area contributed by atoms with Gasteiger partial charge in [-0.05, 0) is 27.6 Å². The van der Waals surface area contributed by atoms with E-state index in [0.717, 1.165) is 16.8 Å². The van der Waals surface area contributed by atoms with Crippen LogP contribution in [0.15, 0.2) is 60.7 Å². The maximum atomic E-state index is 11.0. The molecular formula is C16H12N6O2. The number of non-ortho nitro benzene ring substituents is 1. The van der Waals surface area contributed by atoms with Gasteiger partial charge in [-0.3, -0.25) is 10.1 Å². The van der Waals surface area contributed by atoms with Crippen LogP contribution in [0.1, 0.15) is 17.2 Å². The van der Waals surface area contributed by atoms with E-state index >= 15 is 0 Å². The van der Waals surface area contributed by atoms with E-state index in [2.05, 4.69) is 20.8 Å². The van der Waals surface area contributed by atoms with Gasteiger partial charge in [0.25, 0.3) is 5.69 Å². The number of nitro groups is 1. The molecule has 2 aromatic carbocycles. The van der Waals surface area contributed by atoms with Gasteiger partial charge in [-0.1, -0.05) is 47.6 Å². The molecule has 3 aromatic rings. The fourth-order valence-electron chi connectivity index (χ4n) is 2.70. The number of rotatable bonds is 3. The smallest absolute Gasteiger partial charge is 0.269 e. The third kappa shape index (κ3) is 2.39. The van der Waals surface area contributed by atoms with Gasteiger partial charge >= 0.3 is 0 Å². The van der Waals surface area contributed by atoms with E-state index in [-0.39, 0.29) is 11.7 Å². The van der Waals surface area contributed by atoms with Gasteiger partial charge in [0.1, 0.15) is 6.04 Å². The van der Waals surface area contributed by atoms with Crippen molar-refractivity contribution in [3.8, 4) is 0 Å². The predicted octanol–water partition coefficient (Wildman–Crippen LogP) is 2.64. The summed E-state index contributed by atoms with van der Waals surface area (Å²) in [4.78, 5) is 10.6. The van der Waals surface area contributed by atoms with E-state index in [9.17, 15) is 10.1 Å². The second kappa shape index (κ2) is 5.58. The van der Waals surface area contributed by atoms with Crippen molar-refractivity contribution in [2.45, 2.75) is 6.04 Å². The molecule has 0 spiro atoms. The van der Waals surface area contributed by atoms with Crippen LogP contribution in [0.25, 0.3) is 5.70 Å². The third-order valence-corrected chi connectivity index (χ3v) is 3.83. The number of nitrogens with zero attached hydrogens (tertiary/aromatic N) is 5. The molecule has 1 aromatic heterocycles. The second-order valence-corrected chi connectivity index (χ2v) is 5.32. The zero-order valence-corrected chi connectivity index (χ0v) is 12.4. The van der Waals surface area contributed by atoms with Crippen LogP contribution in [0.2, 0.25) is 0 Å². The molecule has 0 radical (unpaired) electrons. The first-order valence-corrected chi connectivity index (χ1v) is 7.29. The molecule has 0 saturated heterocycles. The van der Waals surface area contributed by atoms with E-state index < -0.39 is 4.92 Å². The van der Waals surface area contributed by atoms with Crippen molar-refractivity contribution in [1.29, 1.82) is 0 Å². The number of nitrogens with one attached hydrogen (secondary N) is 1. The molecule has 0 bridgehead atoms. The van der Waals surface area contributed by atoms with Gasteiger partial charge in [-0.2, -0.15) is 4.68 Å². The van der Waals surface area contributed by atoms with Crippen LogP contribution in [0.4, 0.5) is 11.6 Å². The molecule has 1 N–H and O–H groups in total. The number of anilines is 1. The van der Waals surface area contributed by atoms with Crippen molar-refractivity contribution in [2.24, 2.45) is 0 Å². The Bertz CT molecular complexity index is 935. The molecule has 8 nitrogen and oxygen atoms in total. The normalized spacial score (nSPS) is 16.0. The summed E-state index contributed by atoms with van der Waals surface area (Å²) in [5.74, 6) is 0.493. The lowest BCUT2D eigenvalue weighted by Crippen LogP contribution is -2.20. The average molecular weight is 320 g/mol. The Morgan fingerprint density at radius 2 is 1.96 bits per heavy atom. The Kier molecular flexibility index (Phi) is 3.27. The fraction of sp³-hybridized carbons (Fsp3) is 0.0625. The van der Waals surface area contributed by atoms with E-state index in [1.54, 1.807) is 16.8 Å². The molecule has 24 heavy (non-hydrogen) atoms. The summed E-state index contributed by atoms with van der Waals surface area (Å²) in [5, 5.41) is 25.9. The zero-order chi connectivity index (χ0) is 16.5. The molecule has 2 heterocycles. The Morgan fingerprint density at radius 1 is 1.12 bits per heavy atom. The predicted molar refractivity (Wildman–Crippen MR) is 87.1 cm³/mol. The van der Waals surface area contributed by atoms with Crippen molar-refractivity contribution in [3.05, 3.63) is 81.9 Å². The van der Waals surface area contributed by atoms with E-state index in [1.807, 2.05) is 42.5 Å². The number of aromatic nitrogens is 4. The van der Waals surface area contributed by atoms with Crippen LogP contribution in [-0.2, 0) is 0 Å². The highest BCUT2D eigenvalue weighted by atomic mass is 16.6. The molecule has 118 valence electrons. The van der Waals surface area contributed by atoms with E-state index in [4.69, 9.17) is 0 Å². The number of hydrogen-bond acceptors (Lipinski definition) is 6. The first kappa shape index (κ1) is 14.1. The molecule has 0 unspecified atom stereocenters. The van der Waals surface area contributed by atoms with Gasteiger partial charge < -0.3 is 5.32 Å². The van der Waals surface area contributed by atoms with Gasteiger partial charge in [0.05, 0.1) is 4.92 Å². The van der Waals surface area contributed by atoms with Crippen molar-refractivity contribution in [3.63, 3.8) is 0 Å². The van der Waals surface area contributed by atoms with Crippen molar-refractivity contribution >= 4 is 17.3 Å². The Balaban J connectivity index is 1.82. The van der Waals surface area contributed by atoms with Crippen LogP contribution >= 0.6 is 0 Å². The highest BCUT2D eigenvalue weighted by Crippen LogP contribution is 2.32. The van der Waals surface area contributed by atoms with Crippen molar-refractivity contribution < 1.29 is 4.92 Å². The molecule has 8 heteroatoms. The molecule has 0 aliphatic carbocycles. The standard InChI is InChI=1S/C16H12N6O2/c23-22(24)13-8-4-7-12(9-13)15-10-14(11-5-2-1-3-6-11)17-16-18-19-20-21(15)16/h1-10,15H,(H,17,18,20)/t15-/m0/s1. The lowest BCUT2D eigenvalue weighted by atomic mass is 10.0. The monoisotopic (exact) mass is 320 g/mol. The summed E-state index contributed by atoms with van der Waals surface area (Å²) in [5.41, 5.74) is 2.62. The maximum absolute atomic E-state index is 11.0. The summed E-state index contributed by atoms with van der Waals surface area (Å²) in [7, 11) is 0. The molecule has 1 aliphatic rings. The Hall–Kier alpha value is -3.55. The van der Waals surface area contributed by atoms with Crippen LogP contribution < -0.4 is 5.32 Å². The first-order valence-electron chi connectivity index (χ1n) is 7.29. The maximum Gasteiger partial charge on any atom is 0.269 e. The minimum atomic E-state index is -0.410. The van der Waals surface area contributed by atoms with Gasteiger partial charge in [0.15, 0.2) is 0 Å². The van der Waals surface area contributed by atoms with E-state index in [1.165, 1.54) is 6.07 Å². The number of hydrogen-bond donors (Lipinski definition) is 1. The highest BCUT2D eigenvalue weighted by Gasteiger charge is 2.25.